The van der Waals surface area contributed by atoms with Crippen molar-refractivity contribution in [1.29, 1.82) is 0 Å². The van der Waals surface area contributed by atoms with Crippen LogP contribution in [-0.2, 0) is 0 Å². The summed E-state index contributed by atoms with van der Waals surface area (Å²) in [5, 5.41) is 1.01. The number of oxazole rings is 1. The van der Waals surface area contributed by atoms with Gasteiger partial charge < -0.3 is 14.9 Å². The molecule has 0 aliphatic rings. The second-order valence-corrected chi connectivity index (χ2v) is 5.05. The molecule has 2 aromatic carbocycles. The number of anilines is 1. The smallest absolute Gasteiger partial charge is 0.231 e. The number of benzene rings is 2. The summed E-state index contributed by atoms with van der Waals surface area (Å²) in [5.41, 5.74) is 8.05. The fourth-order valence-corrected chi connectivity index (χ4v) is 2.26. The molecule has 102 valence electrons. The number of nitrogens with zero attached hydrogens (tertiary/aromatic N) is 1. The number of nitrogen functional groups attached to an aromatic ring is 1. The van der Waals surface area contributed by atoms with E-state index >= 15 is 0 Å². The first-order valence-electron chi connectivity index (χ1n) is 5.78. The number of aromatic nitrogens is 1. The maximum atomic E-state index is 6.01. The highest BCUT2D eigenvalue weighted by Gasteiger charge is 2.14. The van der Waals surface area contributed by atoms with Gasteiger partial charge in [0.2, 0.25) is 5.89 Å². The minimum atomic E-state index is 0.404. The molecule has 0 radical (unpaired) electrons. The molecule has 0 amide bonds. The fraction of sp³-hybridized carbons (Fsp3) is 0.0714. The molecule has 1 heterocycles. The first-order valence-corrected chi connectivity index (χ1v) is 6.53. The van der Waals surface area contributed by atoms with E-state index in [0.29, 0.717) is 44.0 Å². The lowest BCUT2D eigenvalue weighted by Crippen LogP contribution is -1.87. The maximum Gasteiger partial charge on any atom is 0.231 e. The number of methoxy groups -OCH3 is 1. The van der Waals surface area contributed by atoms with Crippen molar-refractivity contribution < 1.29 is 9.15 Å². The molecule has 0 fully saturated rings. The standard InChI is InChI=1S/C14H10Cl2N2O2/c1-19-12-3-2-7(15)4-8(12)14-18-11-5-9(16)10(17)6-13(11)20-14/h2-6H,17H2,1H3. The Morgan fingerprint density at radius 1 is 1.20 bits per heavy atom. The summed E-state index contributed by atoms with van der Waals surface area (Å²) in [6.45, 7) is 0. The molecule has 3 rings (SSSR count). The zero-order valence-corrected chi connectivity index (χ0v) is 12.0. The highest BCUT2D eigenvalue weighted by Crippen LogP contribution is 2.35. The number of halogens is 2. The highest BCUT2D eigenvalue weighted by molar-refractivity contribution is 6.33. The average molecular weight is 309 g/mol. The number of fused-ring (bicyclic) bond motifs is 1. The van der Waals surface area contributed by atoms with Crippen LogP contribution in [0.4, 0.5) is 5.69 Å². The lowest BCUT2D eigenvalue weighted by atomic mass is 10.2. The van der Waals surface area contributed by atoms with Crippen LogP contribution in [0.25, 0.3) is 22.6 Å². The Kier molecular flexibility index (Phi) is 3.20. The van der Waals surface area contributed by atoms with Crippen molar-refractivity contribution >= 4 is 40.0 Å². The number of ether oxygens (including phenoxy) is 1. The van der Waals surface area contributed by atoms with Gasteiger partial charge in [-0.1, -0.05) is 23.2 Å². The predicted molar refractivity (Wildman–Crippen MR) is 80.4 cm³/mol. The molecular formula is C14H10Cl2N2O2. The summed E-state index contributed by atoms with van der Waals surface area (Å²) in [7, 11) is 1.57. The lowest BCUT2D eigenvalue weighted by Gasteiger charge is -2.04. The van der Waals surface area contributed by atoms with E-state index in [1.165, 1.54) is 0 Å². The van der Waals surface area contributed by atoms with Crippen LogP contribution in [0.15, 0.2) is 34.7 Å². The Morgan fingerprint density at radius 3 is 2.75 bits per heavy atom. The zero-order valence-electron chi connectivity index (χ0n) is 10.5. The first-order chi connectivity index (χ1) is 9.58. The lowest BCUT2D eigenvalue weighted by molar-refractivity contribution is 0.414. The normalized spacial score (nSPS) is 10.9. The van der Waals surface area contributed by atoms with E-state index in [-0.39, 0.29) is 0 Å². The monoisotopic (exact) mass is 308 g/mol. The maximum absolute atomic E-state index is 6.01. The molecular weight excluding hydrogens is 299 g/mol. The van der Waals surface area contributed by atoms with Gasteiger partial charge in [0, 0.05) is 11.1 Å². The Morgan fingerprint density at radius 2 is 2.00 bits per heavy atom. The van der Waals surface area contributed by atoms with Crippen LogP contribution >= 0.6 is 23.2 Å². The first kappa shape index (κ1) is 13.1. The van der Waals surface area contributed by atoms with Crippen molar-refractivity contribution in [3.05, 3.63) is 40.4 Å². The van der Waals surface area contributed by atoms with Gasteiger partial charge >= 0.3 is 0 Å². The molecule has 2 N–H and O–H groups in total. The summed E-state index contributed by atoms with van der Waals surface area (Å²) in [5.74, 6) is 1.03. The molecule has 1 aromatic heterocycles. The van der Waals surface area contributed by atoms with Gasteiger partial charge in [-0.15, -0.1) is 0 Å². The van der Waals surface area contributed by atoms with E-state index in [1.807, 2.05) is 0 Å². The van der Waals surface area contributed by atoms with Crippen molar-refractivity contribution in [3.63, 3.8) is 0 Å². The highest BCUT2D eigenvalue weighted by atomic mass is 35.5. The van der Waals surface area contributed by atoms with Crippen molar-refractivity contribution in [3.8, 4) is 17.2 Å². The van der Waals surface area contributed by atoms with Gasteiger partial charge in [0.15, 0.2) is 5.58 Å². The van der Waals surface area contributed by atoms with Crippen molar-refractivity contribution in [2.24, 2.45) is 0 Å². The number of rotatable bonds is 2. The van der Waals surface area contributed by atoms with Crippen molar-refractivity contribution in [2.75, 3.05) is 12.8 Å². The summed E-state index contributed by atoms with van der Waals surface area (Å²) < 4.78 is 11.0. The zero-order chi connectivity index (χ0) is 14.3. The van der Waals surface area contributed by atoms with Crippen LogP contribution in [0.3, 0.4) is 0 Å². The van der Waals surface area contributed by atoms with Crippen LogP contribution in [0.5, 0.6) is 5.75 Å². The van der Waals surface area contributed by atoms with Gasteiger partial charge in [0.1, 0.15) is 11.3 Å². The van der Waals surface area contributed by atoms with Crippen molar-refractivity contribution in [2.45, 2.75) is 0 Å². The number of hydrogen-bond donors (Lipinski definition) is 1. The third-order valence-electron chi connectivity index (χ3n) is 2.90. The van der Waals surface area contributed by atoms with Crippen molar-refractivity contribution in [1.82, 2.24) is 4.98 Å². The Hall–Kier alpha value is -1.91. The minimum absolute atomic E-state index is 0.404. The molecule has 6 heteroatoms. The van der Waals surface area contributed by atoms with E-state index in [1.54, 1.807) is 37.4 Å². The minimum Gasteiger partial charge on any atom is -0.496 e. The molecule has 0 saturated heterocycles. The van der Waals surface area contributed by atoms with E-state index in [2.05, 4.69) is 4.98 Å². The Labute approximate surface area is 125 Å². The summed E-state index contributed by atoms with van der Waals surface area (Å²) in [6, 6.07) is 8.53. The van der Waals surface area contributed by atoms with Crippen LogP contribution in [0, 0.1) is 0 Å². The van der Waals surface area contributed by atoms with E-state index in [0.717, 1.165) is 0 Å². The molecule has 0 aliphatic carbocycles. The average Bonchev–Trinajstić information content (AvgIpc) is 2.82. The van der Waals surface area contributed by atoms with Gasteiger partial charge in [0.25, 0.3) is 0 Å². The molecule has 0 saturated carbocycles. The third-order valence-corrected chi connectivity index (χ3v) is 3.46. The number of hydrogen-bond acceptors (Lipinski definition) is 4. The van der Waals surface area contributed by atoms with Gasteiger partial charge in [-0.25, -0.2) is 4.98 Å². The molecule has 3 aromatic rings. The SMILES string of the molecule is COc1ccc(Cl)cc1-c1nc2cc(Cl)c(N)cc2o1. The van der Waals surface area contributed by atoms with Crippen LogP contribution < -0.4 is 10.5 Å². The summed E-state index contributed by atoms with van der Waals surface area (Å²) in [6.07, 6.45) is 0. The fourth-order valence-electron chi connectivity index (χ4n) is 1.93. The quantitative estimate of drug-likeness (QED) is 0.713. The molecule has 20 heavy (non-hydrogen) atoms. The van der Waals surface area contributed by atoms with E-state index < -0.39 is 0 Å². The second kappa shape index (κ2) is 4.89. The van der Waals surface area contributed by atoms with E-state index in [4.69, 9.17) is 38.1 Å². The third kappa shape index (κ3) is 2.17. The molecule has 0 bridgehead atoms. The van der Waals surface area contributed by atoms with Gasteiger partial charge in [-0.05, 0) is 24.3 Å². The topological polar surface area (TPSA) is 61.3 Å². The molecule has 0 spiro atoms. The molecule has 4 nitrogen and oxygen atoms in total. The Balaban J connectivity index is 2.22. The molecule has 0 atom stereocenters. The van der Waals surface area contributed by atoms with Crippen LogP contribution in [0.2, 0.25) is 10.0 Å². The predicted octanol–water partition coefficient (Wildman–Crippen LogP) is 4.39. The Bertz CT molecular complexity index is 760. The summed E-state index contributed by atoms with van der Waals surface area (Å²) >= 11 is 12.0. The van der Waals surface area contributed by atoms with E-state index in [9.17, 15) is 0 Å². The number of nitrogens with two attached hydrogens (primary N) is 1. The molecule has 0 aliphatic heterocycles. The van der Waals surface area contributed by atoms with Crippen LogP contribution in [0.1, 0.15) is 0 Å². The largest absolute Gasteiger partial charge is 0.496 e. The van der Waals surface area contributed by atoms with Gasteiger partial charge in [-0.2, -0.15) is 0 Å². The van der Waals surface area contributed by atoms with Gasteiger partial charge in [-0.3, -0.25) is 0 Å². The second-order valence-electron chi connectivity index (χ2n) is 4.21. The summed E-state index contributed by atoms with van der Waals surface area (Å²) in [4.78, 5) is 4.39. The van der Waals surface area contributed by atoms with Gasteiger partial charge in [0.05, 0.1) is 23.4 Å². The van der Waals surface area contributed by atoms with Crippen LogP contribution in [-0.4, -0.2) is 12.1 Å². The molecule has 0 unspecified atom stereocenters.